The highest BCUT2D eigenvalue weighted by molar-refractivity contribution is 6.12. The van der Waals surface area contributed by atoms with Gasteiger partial charge in [-0.15, -0.1) is 0 Å². The Bertz CT molecular complexity index is 980. The largest absolute Gasteiger partial charge is 0.475 e. The maximum atomic E-state index is 13.0. The minimum absolute atomic E-state index is 0.146. The molecule has 0 aromatic carbocycles. The van der Waals surface area contributed by atoms with Gasteiger partial charge in [-0.1, -0.05) is 13.8 Å². The third-order valence-corrected chi connectivity index (χ3v) is 4.44. The van der Waals surface area contributed by atoms with Gasteiger partial charge in [-0.2, -0.15) is 5.10 Å². The number of methoxy groups -OCH3 is 1. The molecule has 0 atom stereocenters. The number of ether oxygens (including phenoxy) is 2. The van der Waals surface area contributed by atoms with Crippen LogP contribution in [0.1, 0.15) is 55.7 Å². The van der Waals surface area contributed by atoms with Crippen LogP contribution in [0, 0.1) is 0 Å². The van der Waals surface area contributed by atoms with Crippen molar-refractivity contribution < 1.29 is 14.3 Å². The van der Waals surface area contributed by atoms with E-state index in [1.807, 2.05) is 24.6 Å². The van der Waals surface area contributed by atoms with Crippen LogP contribution in [0.4, 0.5) is 5.69 Å². The molecule has 154 valence electrons. The molecule has 0 saturated carbocycles. The lowest BCUT2D eigenvalue weighted by molar-refractivity contribution is 0.102. The van der Waals surface area contributed by atoms with Crippen molar-refractivity contribution in [3.05, 3.63) is 41.9 Å². The summed E-state index contributed by atoms with van der Waals surface area (Å²) in [5, 5.41) is 8.06. The summed E-state index contributed by atoms with van der Waals surface area (Å²) >= 11 is 0. The van der Waals surface area contributed by atoms with Crippen LogP contribution in [0.2, 0.25) is 0 Å². The predicted molar refractivity (Wildman–Crippen MR) is 112 cm³/mol. The van der Waals surface area contributed by atoms with Crippen molar-refractivity contribution in [1.29, 1.82) is 0 Å². The lowest BCUT2D eigenvalue weighted by atomic mass is 10.0. The van der Waals surface area contributed by atoms with Gasteiger partial charge in [0.25, 0.3) is 5.91 Å². The second-order valence-corrected chi connectivity index (χ2v) is 7.35. The number of pyridine rings is 2. The number of amides is 1. The van der Waals surface area contributed by atoms with Crippen LogP contribution in [-0.2, 0) is 4.74 Å². The highest BCUT2D eigenvalue weighted by atomic mass is 16.5. The Labute approximate surface area is 170 Å². The third-order valence-electron chi connectivity index (χ3n) is 4.44. The zero-order valence-corrected chi connectivity index (χ0v) is 17.5. The predicted octanol–water partition coefficient (Wildman–Crippen LogP) is 3.81. The fourth-order valence-electron chi connectivity index (χ4n) is 2.87. The van der Waals surface area contributed by atoms with E-state index >= 15 is 0 Å². The molecule has 3 aromatic rings. The van der Waals surface area contributed by atoms with E-state index in [2.05, 4.69) is 29.2 Å². The van der Waals surface area contributed by atoms with Crippen LogP contribution in [0.5, 0.6) is 5.88 Å². The normalized spacial score (nSPS) is 11.4. The fraction of sp³-hybridized carbons (Fsp3) is 0.429. The van der Waals surface area contributed by atoms with Crippen molar-refractivity contribution in [2.24, 2.45) is 0 Å². The number of hydrogen-bond donors (Lipinski definition) is 1. The van der Waals surface area contributed by atoms with Gasteiger partial charge in [-0.25, -0.2) is 14.6 Å². The minimum atomic E-state index is -0.225. The Balaban J connectivity index is 1.86. The van der Waals surface area contributed by atoms with Crippen LogP contribution in [-0.4, -0.2) is 46.0 Å². The van der Waals surface area contributed by atoms with Crippen molar-refractivity contribution in [2.45, 2.75) is 39.7 Å². The smallest absolute Gasteiger partial charge is 0.256 e. The minimum Gasteiger partial charge on any atom is -0.475 e. The molecule has 1 N–H and O–H groups in total. The lowest BCUT2D eigenvalue weighted by Gasteiger charge is -2.12. The van der Waals surface area contributed by atoms with Gasteiger partial charge in [0.15, 0.2) is 5.65 Å². The molecule has 29 heavy (non-hydrogen) atoms. The SMILES string of the molecule is COCCOc1ccc(NC(=O)c2cc(C(C)C)nc3c2cnn3C(C)C)cn1. The summed E-state index contributed by atoms with van der Waals surface area (Å²) in [6.45, 7) is 9.09. The summed E-state index contributed by atoms with van der Waals surface area (Å²) in [7, 11) is 1.61. The summed E-state index contributed by atoms with van der Waals surface area (Å²) in [6.07, 6.45) is 3.27. The maximum Gasteiger partial charge on any atom is 0.256 e. The molecule has 0 radical (unpaired) electrons. The molecular formula is C21H27N5O3. The molecule has 0 unspecified atom stereocenters. The first-order valence-corrected chi connectivity index (χ1v) is 9.68. The Morgan fingerprint density at radius 2 is 1.97 bits per heavy atom. The molecule has 3 heterocycles. The first-order chi connectivity index (χ1) is 13.9. The Morgan fingerprint density at radius 3 is 2.59 bits per heavy atom. The van der Waals surface area contributed by atoms with Crippen LogP contribution in [0.15, 0.2) is 30.6 Å². The monoisotopic (exact) mass is 397 g/mol. The van der Waals surface area contributed by atoms with Crippen molar-refractivity contribution in [1.82, 2.24) is 19.7 Å². The van der Waals surface area contributed by atoms with Gasteiger partial charge >= 0.3 is 0 Å². The van der Waals surface area contributed by atoms with E-state index in [0.717, 1.165) is 16.7 Å². The molecule has 0 aliphatic carbocycles. The number of anilines is 1. The number of nitrogens with one attached hydrogen (secondary N) is 1. The Morgan fingerprint density at radius 1 is 1.17 bits per heavy atom. The molecule has 1 amide bonds. The van der Waals surface area contributed by atoms with Crippen LogP contribution >= 0.6 is 0 Å². The van der Waals surface area contributed by atoms with Gasteiger partial charge in [-0.3, -0.25) is 4.79 Å². The zero-order chi connectivity index (χ0) is 21.0. The van der Waals surface area contributed by atoms with Crippen molar-refractivity contribution in [2.75, 3.05) is 25.6 Å². The van der Waals surface area contributed by atoms with Gasteiger partial charge in [0.1, 0.15) is 6.61 Å². The highest BCUT2D eigenvalue weighted by Gasteiger charge is 2.19. The number of rotatable bonds is 8. The average molecular weight is 397 g/mol. The van der Waals surface area contributed by atoms with Gasteiger partial charge in [0.2, 0.25) is 5.88 Å². The highest BCUT2D eigenvalue weighted by Crippen LogP contribution is 2.25. The third kappa shape index (κ3) is 4.71. The van der Waals surface area contributed by atoms with Gasteiger partial charge in [0.05, 0.1) is 35.6 Å². The van der Waals surface area contributed by atoms with Crippen LogP contribution < -0.4 is 10.1 Å². The van der Waals surface area contributed by atoms with E-state index in [9.17, 15) is 4.79 Å². The molecule has 0 spiro atoms. The molecule has 3 aromatic heterocycles. The second kappa shape index (κ2) is 9.00. The number of fused-ring (bicyclic) bond motifs is 1. The summed E-state index contributed by atoms with van der Waals surface area (Å²) < 4.78 is 12.2. The summed E-state index contributed by atoms with van der Waals surface area (Å²) in [5.74, 6) is 0.441. The van der Waals surface area contributed by atoms with E-state index in [1.54, 1.807) is 31.6 Å². The van der Waals surface area contributed by atoms with Crippen molar-refractivity contribution >= 4 is 22.6 Å². The second-order valence-electron chi connectivity index (χ2n) is 7.35. The molecular weight excluding hydrogens is 370 g/mol. The molecule has 3 rings (SSSR count). The van der Waals surface area contributed by atoms with Crippen LogP contribution in [0.3, 0.4) is 0 Å². The number of nitrogens with zero attached hydrogens (tertiary/aromatic N) is 4. The van der Waals surface area contributed by atoms with E-state index in [1.165, 1.54) is 0 Å². The van der Waals surface area contributed by atoms with E-state index < -0.39 is 0 Å². The Kier molecular flexibility index (Phi) is 6.43. The van der Waals surface area contributed by atoms with Gasteiger partial charge < -0.3 is 14.8 Å². The summed E-state index contributed by atoms with van der Waals surface area (Å²) in [5.41, 5.74) is 2.70. The maximum absolute atomic E-state index is 13.0. The summed E-state index contributed by atoms with van der Waals surface area (Å²) in [4.78, 5) is 22.0. The molecule has 8 heteroatoms. The number of carbonyl (C=O) groups is 1. The fourth-order valence-corrected chi connectivity index (χ4v) is 2.87. The van der Waals surface area contributed by atoms with Gasteiger partial charge in [0, 0.05) is 24.9 Å². The standard InChI is InChI=1S/C21H27N5O3/c1-13(2)18-10-16(17-12-23-26(14(3)4)20(17)25-18)21(27)24-15-6-7-19(22-11-15)29-9-8-28-5/h6-7,10-14H,8-9H2,1-5H3,(H,24,27). The molecule has 0 aliphatic heterocycles. The van der Waals surface area contributed by atoms with Crippen molar-refractivity contribution in [3.8, 4) is 5.88 Å². The average Bonchev–Trinajstić information content (AvgIpc) is 3.13. The quantitative estimate of drug-likeness (QED) is 0.581. The first-order valence-electron chi connectivity index (χ1n) is 9.68. The van der Waals surface area contributed by atoms with E-state index in [0.29, 0.717) is 30.3 Å². The van der Waals surface area contributed by atoms with Crippen molar-refractivity contribution in [3.63, 3.8) is 0 Å². The summed E-state index contributed by atoms with van der Waals surface area (Å²) in [6, 6.07) is 5.45. The number of hydrogen-bond acceptors (Lipinski definition) is 6. The van der Waals surface area contributed by atoms with Crippen LogP contribution in [0.25, 0.3) is 11.0 Å². The van der Waals surface area contributed by atoms with Gasteiger partial charge in [-0.05, 0) is 31.9 Å². The Hall–Kier alpha value is -3.00. The van der Waals surface area contributed by atoms with E-state index in [4.69, 9.17) is 14.5 Å². The molecule has 0 bridgehead atoms. The number of aromatic nitrogens is 4. The molecule has 0 fully saturated rings. The molecule has 0 aliphatic rings. The molecule has 8 nitrogen and oxygen atoms in total. The lowest BCUT2D eigenvalue weighted by Crippen LogP contribution is -2.14. The van der Waals surface area contributed by atoms with E-state index in [-0.39, 0.29) is 17.9 Å². The molecule has 0 saturated heterocycles. The zero-order valence-electron chi connectivity index (χ0n) is 17.5. The topological polar surface area (TPSA) is 91.2 Å². The number of carbonyl (C=O) groups excluding carboxylic acids is 1. The first kappa shape index (κ1) is 20.7.